The molecule has 3 aromatic heterocycles. The highest BCUT2D eigenvalue weighted by molar-refractivity contribution is 7.89. The molecular weight excluding hydrogens is 422 g/mol. The average molecular weight is 442 g/mol. The predicted octanol–water partition coefficient (Wildman–Crippen LogP) is 2.71. The fourth-order valence-electron chi connectivity index (χ4n) is 3.93. The topological polar surface area (TPSA) is 99.3 Å². The largest absolute Gasteiger partial charge is 0.345 e. The summed E-state index contributed by atoms with van der Waals surface area (Å²) in [5.41, 5.74) is 3.66. The minimum atomic E-state index is -3.71. The van der Waals surface area contributed by atoms with Gasteiger partial charge in [-0.1, -0.05) is 0 Å². The number of nitrogens with zero attached hydrogens (tertiary/aromatic N) is 4. The number of hydrogen-bond donors (Lipinski definition) is 1. The molecule has 1 aliphatic rings. The van der Waals surface area contributed by atoms with Crippen molar-refractivity contribution in [1.82, 2.24) is 24.2 Å². The van der Waals surface area contributed by atoms with E-state index in [9.17, 15) is 13.2 Å². The molecule has 1 amide bonds. The number of fused-ring (bicyclic) bond motifs is 2. The van der Waals surface area contributed by atoms with Crippen molar-refractivity contribution in [3.8, 4) is 0 Å². The molecule has 30 heavy (non-hydrogen) atoms. The zero-order valence-electron chi connectivity index (χ0n) is 16.1. The summed E-state index contributed by atoms with van der Waals surface area (Å²) in [4.78, 5) is 26.3. The third kappa shape index (κ3) is 3.08. The van der Waals surface area contributed by atoms with Crippen molar-refractivity contribution in [1.29, 1.82) is 0 Å². The van der Waals surface area contributed by atoms with Gasteiger partial charge in [-0.05, 0) is 37.3 Å². The average Bonchev–Trinajstić information content (AvgIpc) is 3.39. The number of nitrogens with one attached hydrogen (secondary N) is 1. The second kappa shape index (κ2) is 7.15. The predicted molar refractivity (Wildman–Crippen MR) is 115 cm³/mol. The van der Waals surface area contributed by atoms with Gasteiger partial charge < -0.3 is 9.88 Å². The fourth-order valence-corrected chi connectivity index (χ4v) is 6.35. The molecule has 4 aromatic rings. The number of rotatable bonds is 3. The van der Waals surface area contributed by atoms with E-state index in [4.69, 9.17) is 0 Å². The molecule has 0 bridgehead atoms. The van der Waals surface area contributed by atoms with Gasteiger partial charge in [-0.3, -0.25) is 4.79 Å². The highest BCUT2D eigenvalue weighted by Gasteiger charge is 2.36. The van der Waals surface area contributed by atoms with Gasteiger partial charge in [-0.2, -0.15) is 4.31 Å². The van der Waals surface area contributed by atoms with Crippen molar-refractivity contribution in [2.45, 2.75) is 17.9 Å². The van der Waals surface area contributed by atoms with Crippen LogP contribution in [0.15, 0.2) is 53.1 Å². The van der Waals surface area contributed by atoms with E-state index in [1.807, 2.05) is 13.0 Å². The van der Waals surface area contributed by atoms with E-state index in [1.165, 1.54) is 21.8 Å². The number of piperazine rings is 1. The van der Waals surface area contributed by atoms with Crippen LogP contribution in [-0.2, 0) is 10.0 Å². The molecule has 1 aromatic carbocycles. The number of aromatic amines is 1. The van der Waals surface area contributed by atoms with E-state index in [2.05, 4.69) is 15.0 Å². The second-order valence-corrected chi connectivity index (χ2v) is 10.0. The molecule has 4 heterocycles. The molecule has 0 spiro atoms. The first kappa shape index (κ1) is 19.2. The summed E-state index contributed by atoms with van der Waals surface area (Å²) in [6, 6.07) is 8.60. The van der Waals surface area contributed by atoms with Crippen LogP contribution in [-0.4, -0.2) is 64.2 Å². The number of amides is 1. The maximum Gasteiger partial charge on any atom is 0.254 e. The SMILES string of the molecule is CC1CN(C(=O)c2ccc3scnc3c2)CCN1S(=O)(=O)c1c[nH]c2ncccc12. The quantitative estimate of drug-likeness (QED) is 0.527. The van der Waals surface area contributed by atoms with Gasteiger partial charge >= 0.3 is 0 Å². The first-order valence-electron chi connectivity index (χ1n) is 9.51. The Morgan fingerprint density at radius 1 is 1.23 bits per heavy atom. The molecule has 10 heteroatoms. The number of hydrogen-bond acceptors (Lipinski definition) is 6. The first-order valence-corrected chi connectivity index (χ1v) is 11.8. The van der Waals surface area contributed by atoms with E-state index in [0.29, 0.717) is 29.7 Å². The van der Waals surface area contributed by atoms with Crippen molar-refractivity contribution in [3.05, 3.63) is 53.8 Å². The molecule has 1 N–H and O–H groups in total. The minimum absolute atomic E-state index is 0.106. The minimum Gasteiger partial charge on any atom is -0.345 e. The summed E-state index contributed by atoms with van der Waals surface area (Å²) in [7, 11) is -3.71. The zero-order valence-corrected chi connectivity index (χ0v) is 17.8. The molecule has 1 fully saturated rings. The standard InChI is InChI=1S/C20H19N5O3S2/c1-13-11-24(20(26)14-4-5-17-16(9-14)23-12-29-17)7-8-25(13)30(27,28)18-10-22-19-15(18)3-2-6-21-19/h2-6,9-10,12-13H,7-8,11H2,1H3,(H,21,22). The van der Waals surface area contributed by atoms with Crippen LogP contribution in [0.1, 0.15) is 17.3 Å². The molecule has 8 nitrogen and oxygen atoms in total. The molecule has 0 radical (unpaired) electrons. The summed E-state index contributed by atoms with van der Waals surface area (Å²) < 4.78 is 29.1. The van der Waals surface area contributed by atoms with Crippen molar-refractivity contribution < 1.29 is 13.2 Å². The maximum atomic E-state index is 13.3. The van der Waals surface area contributed by atoms with Gasteiger partial charge in [0.05, 0.1) is 15.7 Å². The molecule has 0 saturated carbocycles. The Morgan fingerprint density at radius 2 is 2.10 bits per heavy atom. The Labute approximate surface area is 177 Å². The van der Waals surface area contributed by atoms with Crippen LogP contribution >= 0.6 is 11.3 Å². The van der Waals surface area contributed by atoms with Crippen molar-refractivity contribution >= 4 is 48.5 Å². The van der Waals surface area contributed by atoms with Crippen molar-refractivity contribution in [2.75, 3.05) is 19.6 Å². The second-order valence-electron chi connectivity index (χ2n) is 7.30. The Kier molecular flexibility index (Phi) is 4.57. The van der Waals surface area contributed by atoms with Crippen LogP contribution in [0.2, 0.25) is 0 Å². The van der Waals surface area contributed by atoms with Gasteiger partial charge in [-0.25, -0.2) is 18.4 Å². The summed E-state index contributed by atoms with van der Waals surface area (Å²) in [6.07, 6.45) is 3.10. The number of sulfonamides is 1. The summed E-state index contributed by atoms with van der Waals surface area (Å²) in [5.74, 6) is -0.106. The lowest BCUT2D eigenvalue weighted by Crippen LogP contribution is -2.55. The molecule has 1 atom stereocenters. The van der Waals surface area contributed by atoms with E-state index < -0.39 is 10.0 Å². The fraction of sp³-hybridized carbons (Fsp3) is 0.250. The van der Waals surface area contributed by atoms with Crippen molar-refractivity contribution in [3.63, 3.8) is 0 Å². The monoisotopic (exact) mass is 441 g/mol. The van der Waals surface area contributed by atoms with Crippen LogP contribution in [0, 0.1) is 0 Å². The molecule has 1 unspecified atom stereocenters. The van der Waals surface area contributed by atoms with Gasteiger partial charge in [-0.15, -0.1) is 11.3 Å². The van der Waals surface area contributed by atoms with Gasteiger partial charge in [0.25, 0.3) is 5.91 Å². The Bertz CT molecular complexity index is 1360. The van der Waals surface area contributed by atoms with E-state index in [0.717, 1.165) is 10.2 Å². The lowest BCUT2D eigenvalue weighted by molar-refractivity contribution is 0.0642. The third-order valence-corrected chi connectivity index (χ3v) is 8.29. The number of H-pyrrole nitrogens is 1. The van der Waals surface area contributed by atoms with Gasteiger partial charge in [0.2, 0.25) is 10.0 Å². The Morgan fingerprint density at radius 3 is 2.93 bits per heavy atom. The number of benzene rings is 1. The number of thiazole rings is 1. The number of carbonyl (C=O) groups excluding carboxylic acids is 1. The number of pyridine rings is 1. The highest BCUT2D eigenvalue weighted by atomic mass is 32.2. The van der Waals surface area contributed by atoms with Gasteiger partial charge in [0.15, 0.2) is 0 Å². The highest BCUT2D eigenvalue weighted by Crippen LogP contribution is 2.28. The maximum absolute atomic E-state index is 13.3. The summed E-state index contributed by atoms with van der Waals surface area (Å²) in [5, 5.41) is 0.569. The third-order valence-electron chi connectivity index (χ3n) is 5.43. The van der Waals surface area contributed by atoms with E-state index >= 15 is 0 Å². The van der Waals surface area contributed by atoms with Gasteiger partial charge in [0, 0.05) is 49.0 Å². The summed E-state index contributed by atoms with van der Waals surface area (Å²) >= 11 is 1.53. The lowest BCUT2D eigenvalue weighted by atomic mass is 10.1. The first-order chi connectivity index (χ1) is 14.4. The summed E-state index contributed by atoms with van der Waals surface area (Å²) in [6.45, 7) is 2.72. The zero-order chi connectivity index (χ0) is 20.9. The normalized spacial score (nSPS) is 18.3. The Hall–Kier alpha value is -2.82. The lowest BCUT2D eigenvalue weighted by Gasteiger charge is -2.38. The molecule has 1 aliphatic heterocycles. The van der Waals surface area contributed by atoms with Crippen LogP contribution < -0.4 is 0 Å². The molecule has 154 valence electrons. The number of carbonyl (C=O) groups is 1. The smallest absolute Gasteiger partial charge is 0.254 e. The van der Waals surface area contributed by atoms with Crippen LogP contribution in [0.5, 0.6) is 0 Å². The van der Waals surface area contributed by atoms with Crippen LogP contribution in [0.4, 0.5) is 0 Å². The van der Waals surface area contributed by atoms with Crippen molar-refractivity contribution in [2.24, 2.45) is 0 Å². The van der Waals surface area contributed by atoms with Crippen LogP contribution in [0.3, 0.4) is 0 Å². The van der Waals surface area contributed by atoms with Gasteiger partial charge in [0.1, 0.15) is 10.5 Å². The van der Waals surface area contributed by atoms with Crippen LogP contribution in [0.25, 0.3) is 21.3 Å². The Balaban J connectivity index is 1.38. The molecule has 0 aliphatic carbocycles. The number of aromatic nitrogens is 3. The van der Waals surface area contributed by atoms with E-state index in [-0.39, 0.29) is 23.4 Å². The molecular formula is C20H19N5O3S2. The van der Waals surface area contributed by atoms with E-state index in [1.54, 1.807) is 40.9 Å². The molecule has 1 saturated heterocycles. The molecule has 5 rings (SSSR count).